The van der Waals surface area contributed by atoms with E-state index >= 15 is 0 Å². The van der Waals surface area contributed by atoms with Crippen LogP contribution in [0.5, 0.6) is 0 Å². The molecule has 1 aliphatic carbocycles. The molecule has 5 heteroatoms. The number of carbonyl (C=O) groups excluding carboxylic acids is 2. The Hall–Kier alpha value is -1.75. The number of nitrogens with zero attached hydrogens (tertiary/aromatic N) is 1. The molecule has 2 rings (SSSR count). The Balaban J connectivity index is 2.13. The lowest BCUT2D eigenvalue weighted by molar-refractivity contribution is -0.118. The summed E-state index contributed by atoms with van der Waals surface area (Å²) in [6.07, 6.45) is 2.18. The minimum absolute atomic E-state index is 0.0212. The highest BCUT2D eigenvalue weighted by Crippen LogP contribution is 2.59. The molecular formula is C19H26N2O2S. The smallest absolute Gasteiger partial charge is 0.286 e. The molecule has 0 bridgehead atoms. The van der Waals surface area contributed by atoms with Crippen LogP contribution in [0.1, 0.15) is 27.7 Å². The molecule has 2 atom stereocenters. The molecule has 1 saturated carbocycles. The molecule has 1 N–H and O–H groups in total. The van der Waals surface area contributed by atoms with Gasteiger partial charge < -0.3 is 10.2 Å². The van der Waals surface area contributed by atoms with Gasteiger partial charge in [0.1, 0.15) is 0 Å². The zero-order valence-electron chi connectivity index (χ0n) is 15.2. The fraction of sp³-hybridized carbons (Fsp3) is 0.474. The van der Waals surface area contributed by atoms with E-state index < -0.39 is 0 Å². The number of benzene rings is 1. The number of rotatable bonds is 4. The Kier molecular flexibility index (Phi) is 5.43. The molecule has 1 aliphatic rings. The normalized spacial score (nSPS) is 20.9. The number of hydrogen-bond donors (Lipinski definition) is 1. The van der Waals surface area contributed by atoms with Gasteiger partial charge in [0.05, 0.1) is 11.6 Å². The molecule has 1 aromatic carbocycles. The molecule has 0 heterocycles. The van der Waals surface area contributed by atoms with Gasteiger partial charge in [-0.2, -0.15) is 0 Å². The zero-order valence-corrected chi connectivity index (χ0v) is 16.0. The maximum absolute atomic E-state index is 12.7. The lowest BCUT2D eigenvalue weighted by atomic mass is 10.1. The van der Waals surface area contributed by atoms with Crippen LogP contribution in [0.15, 0.2) is 40.8 Å². The minimum atomic E-state index is -0.0640. The van der Waals surface area contributed by atoms with E-state index in [1.54, 1.807) is 14.1 Å². The van der Waals surface area contributed by atoms with E-state index in [1.165, 1.54) is 10.5 Å². The molecule has 0 saturated heterocycles. The third-order valence-electron chi connectivity index (χ3n) is 4.41. The van der Waals surface area contributed by atoms with Crippen molar-refractivity contribution in [1.29, 1.82) is 0 Å². The minimum Gasteiger partial charge on any atom is -0.339 e. The first kappa shape index (κ1) is 18.6. The monoisotopic (exact) mass is 346 g/mol. The van der Waals surface area contributed by atoms with Crippen LogP contribution in [0, 0.1) is 17.3 Å². The Morgan fingerprint density at radius 2 is 1.83 bits per heavy atom. The number of allylic oxidation sites excluding steroid dienone is 2. The molecule has 0 radical (unpaired) electrons. The standard InChI is InChI=1S/C19H26N2O2S/c1-12(2)11-13-16(19(13,3)4)17(22)20-14-9-7-8-10-15(14)24-18(23)21(5)6/h7-11,13,16H,1-6H3,(H,20,22). The van der Waals surface area contributed by atoms with Crippen LogP contribution < -0.4 is 5.32 Å². The highest BCUT2D eigenvalue weighted by Gasteiger charge is 2.60. The van der Waals surface area contributed by atoms with E-state index in [1.807, 2.05) is 24.3 Å². The fourth-order valence-corrected chi connectivity index (χ4v) is 3.65. The Morgan fingerprint density at radius 3 is 2.42 bits per heavy atom. The Bertz CT molecular complexity index is 676. The number of hydrogen-bond acceptors (Lipinski definition) is 3. The molecule has 2 unspecified atom stereocenters. The average Bonchev–Trinajstić information content (AvgIpc) is 3.00. The van der Waals surface area contributed by atoms with Crippen molar-refractivity contribution in [2.24, 2.45) is 17.3 Å². The van der Waals surface area contributed by atoms with E-state index in [2.05, 4.69) is 39.1 Å². The molecule has 24 heavy (non-hydrogen) atoms. The molecule has 1 fully saturated rings. The summed E-state index contributed by atoms with van der Waals surface area (Å²) in [5.74, 6) is 0.258. The second-order valence-electron chi connectivity index (χ2n) is 7.32. The van der Waals surface area contributed by atoms with E-state index in [4.69, 9.17) is 0 Å². The first-order valence-corrected chi connectivity index (χ1v) is 8.90. The molecule has 1 aromatic rings. The summed E-state index contributed by atoms with van der Waals surface area (Å²) in [6, 6.07) is 7.43. The SMILES string of the molecule is CC(C)=CC1C(C(=O)Nc2ccccc2SC(=O)N(C)C)C1(C)C. The highest BCUT2D eigenvalue weighted by molar-refractivity contribution is 8.13. The average molecular weight is 346 g/mol. The van der Waals surface area contributed by atoms with Crippen LogP contribution in [0.3, 0.4) is 0 Å². The number of anilines is 1. The maximum atomic E-state index is 12.7. The van der Waals surface area contributed by atoms with Gasteiger partial charge in [-0.1, -0.05) is 37.6 Å². The van der Waals surface area contributed by atoms with Crippen LogP contribution in [0.4, 0.5) is 10.5 Å². The number of amides is 2. The zero-order chi connectivity index (χ0) is 18.1. The summed E-state index contributed by atoms with van der Waals surface area (Å²) in [7, 11) is 3.43. The molecule has 0 aromatic heterocycles. The third-order valence-corrected chi connectivity index (χ3v) is 5.53. The highest BCUT2D eigenvalue weighted by atomic mass is 32.2. The van der Waals surface area contributed by atoms with Gasteiger partial charge in [0.25, 0.3) is 5.24 Å². The lowest BCUT2D eigenvalue weighted by Gasteiger charge is -2.13. The van der Waals surface area contributed by atoms with Crippen molar-refractivity contribution < 1.29 is 9.59 Å². The first-order chi connectivity index (χ1) is 11.1. The van der Waals surface area contributed by atoms with E-state index in [0.29, 0.717) is 5.69 Å². The van der Waals surface area contributed by atoms with Gasteiger partial charge in [0.15, 0.2) is 0 Å². The van der Waals surface area contributed by atoms with Crippen molar-refractivity contribution in [2.75, 3.05) is 19.4 Å². The lowest BCUT2D eigenvalue weighted by Crippen LogP contribution is -2.19. The van der Waals surface area contributed by atoms with Crippen molar-refractivity contribution in [2.45, 2.75) is 32.6 Å². The predicted molar refractivity (Wildman–Crippen MR) is 100 cm³/mol. The van der Waals surface area contributed by atoms with E-state index in [-0.39, 0.29) is 28.4 Å². The summed E-state index contributed by atoms with van der Waals surface area (Å²) < 4.78 is 0. The summed E-state index contributed by atoms with van der Waals surface area (Å²) in [5, 5.41) is 2.95. The van der Waals surface area contributed by atoms with E-state index in [9.17, 15) is 9.59 Å². The summed E-state index contributed by atoms with van der Waals surface area (Å²) in [5.41, 5.74) is 1.90. The van der Waals surface area contributed by atoms with Crippen LogP contribution in [0.25, 0.3) is 0 Å². The second-order valence-corrected chi connectivity index (χ2v) is 8.31. The second kappa shape index (κ2) is 7.01. The van der Waals surface area contributed by atoms with Gasteiger partial charge in [0, 0.05) is 19.0 Å². The molecule has 2 amide bonds. The molecule has 0 aliphatic heterocycles. The van der Waals surface area contributed by atoms with Gasteiger partial charge in [-0.25, -0.2) is 0 Å². The van der Waals surface area contributed by atoms with Gasteiger partial charge >= 0.3 is 0 Å². The van der Waals surface area contributed by atoms with Crippen molar-refractivity contribution in [1.82, 2.24) is 4.90 Å². The molecule has 130 valence electrons. The molecule has 4 nitrogen and oxygen atoms in total. The predicted octanol–water partition coefficient (Wildman–Crippen LogP) is 4.64. The van der Waals surface area contributed by atoms with Gasteiger partial charge in [0.2, 0.25) is 5.91 Å². The maximum Gasteiger partial charge on any atom is 0.286 e. The summed E-state index contributed by atoms with van der Waals surface area (Å²) in [6.45, 7) is 8.36. The van der Waals surface area contributed by atoms with Gasteiger partial charge in [-0.3, -0.25) is 9.59 Å². The van der Waals surface area contributed by atoms with Crippen molar-refractivity contribution in [3.8, 4) is 0 Å². The Morgan fingerprint density at radius 1 is 1.21 bits per heavy atom. The molecule has 0 spiro atoms. The number of para-hydroxylation sites is 1. The molecular weight excluding hydrogens is 320 g/mol. The number of thioether (sulfide) groups is 1. The first-order valence-electron chi connectivity index (χ1n) is 8.08. The van der Waals surface area contributed by atoms with Crippen LogP contribution in [-0.2, 0) is 4.79 Å². The Labute approximate surface area is 148 Å². The van der Waals surface area contributed by atoms with E-state index in [0.717, 1.165) is 16.7 Å². The van der Waals surface area contributed by atoms with Gasteiger partial charge in [-0.15, -0.1) is 0 Å². The largest absolute Gasteiger partial charge is 0.339 e. The van der Waals surface area contributed by atoms with Crippen LogP contribution >= 0.6 is 11.8 Å². The third kappa shape index (κ3) is 4.01. The fourth-order valence-electron chi connectivity index (χ4n) is 2.90. The summed E-state index contributed by atoms with van der Waals surface area (Å²) in [4.78, 5) is 26.9. The topological polar surface area (TPSA) is 49.4 Å². The number of nitrogens with one attached hydrogen (secondary N) is 1. The van der Waals surface area contributed by atoms with Crippen molar-refractivity contribution >= 4 is 28.6 Å². The van der Waals surface area contributed by atoms with Crippen LogP contribution in [0.2, 0.25) is 0 Å². The van der Waals surface area contributed by atoms with Crippen molar-refractivity contribution in [3.63, 3.8) is 0 Å². The number of carbonyl (C=O) groups is 2. The van der Waals surface area contributed by atoms with Crippen molar-refractivity contribution in [3.05, 3.63) is 35.9 Å². The van der Waals surface area contributed by atoms with Gasteiger partial charge in [-0.05, 0) is 49.1 Å². The quantitative estimate of drug-likeness (QED) is 0.638. The summed E-state index contributed by atoms with van der Waals surface area (Å²) >= 11 is 1.12. The van der Waals surface area contributed by atoms with Crippen LogP contribution in [-0.4, -0.2) is 30.1 Å².